The van der Waals surface area contributed by atoms with Crippen LogP contribution in [0.3, 0.4) is 0 Å². The van der Waals surface area contributed by atoms with Gasteiger partial charge in [0.15, 0.2) is 17.5 Å². The van der Waals surface area contributed by atoms with Gasteiger partial charge >= 0.3 is 23.9 Å². The minimum absolute atomic E-state index is 0.167. The van der Waals surface area contributed by atoms with Crippen LogP contribution >= 0.6 is 15.9 Å². The van der Waals surface area contributed by atoms with Crippen LogP contribution in [0.4, 0.5) is 0 Å². The summed E-state index contributed by atoms with van der Waals surface area (Å²) in [5.41, 5.74) is -1.20. The summed E-state index contributed by atoms with van der Waals surface area (Å²) in [4.78, 5) is 55.4. The summed E-state index contributed by atoms with van der Waals surface area (Å²) in [7, 11) is 0. The Morgan fingerprint density at radius 1 is 1.06 bits per heavy atom. The van der Waals surface area contributed by atoms with Crippen LogP contribution in [0.1, 0.15) is 76.2 Å². The zero-order valence-electron chi connectivity index (χ0n) is 23.3. The van der Waals surface area contributed by atoms with Gasteiger partial charge in [0.1, 0.15) is 15.8 Å². The molecule has 0 aliphatic carbocycles. The molecule has 9 nitrogen and oxygen atoms in total. The zero-order valence-corrected chi connectivity index (χ0v) is 24.9. The second-order valence-corrected chi connectivity index (χ2v) is 11.6. The SMILES string of the molecule is C=C(C)C(=O)OC(C)C(C)=O.C=C(C)C(=O)OC1(C)C(C)OC(=O)C1(C)C.CCOC(=O)C(C)(C)Br. The van der Waals surface area contributed by atoms with E-state index in [4.69, 9.17) is 14.2 Å². The molecule has 3 unspecified atom stereocenters. The van der Waals surface area contributed by atoms with E-state index < -0.39 is 39.5 Å². The van der Waals surface area contributed by atoms with Gasteiger partial charge < -0.3 is 18.9 Å². The monoisotopic (exact) mass is 576 g/mol. The van der Waals surface area contributed by atoms with Gasteiger partial charge in [0.2, 0.25) is 0 Å². The van der Waals surface area contributed by atoms with Crippen molar-refractivity contribution in [3.05, 3.63) is 24.3 Å². The molecule has 206 valence electrons. The molecule has 0 N–H and O–H groups in total. The van der Waals surface area contributed by atoms with Gasteiger partial charge in [-0.25, -0.2) is 9.59 Å². The molecular weight excluding hydrogens is 536 g/mol. The smallest absolute Gasteiger partial charge is 0.333 e. The van der Waals surface area contributed by atoms with Crippen LogP contribution in [0.15, 0.2) is 24.3 Å². The molecule has 0 amide bonds. The average Bonchev–Trinajstić information content (AvgIpc) is 2.87. The lowest BCUT2D eigenvalue weighted by molar-refractivity contribution is -0.167. The molecule has 3 atom stereocenters. The molecule has 0 aromatic carbocycles. The molecule has 0 aromatic heterocycles. The van der Waals surface area contributed by atoms with Gasteiger partial charge in [-0.05, 0) is 76.2 Å². The predicted molar refractivity (Wildman–Crippen MR) is 139 cm³/mol. The Labute approximate surface area is 223 Å². The van der Waals surface area contributed by atoms with Crippen LogP contribution in [0.5, 0.6) is 0 Å². The maximum atomic E-state index is 11.6. The third-order valence-electron chi connectivity index (χ3n) is 5.43. The summed E-state index contributed by atoms with van der Waals surface area (Å²) < 4.78 is 19.4. The molecule has 0 bridgehead atoms. The number of ether oxygens (including phenoxy) is 4. The Kier molecular flexibility index (Phi) is 14.2. The molecule has 0 aromatic rings. The van der Waals surface area contributed by atoms with E-state index in [0.29, 0.717) is 17.8 Å². The Bertz CT molecular complexity index is 867. The quantitative estimate of drug-likeness (QED) is 0.184. The van der Waals surface area contributed by atoms with Crippen LogP contribution < -0.4 is 0 Å². The largest absolute Gasteiger partial charge is 0.465 e. The standard InChI is InChI=1S/C12H18O4.C8H12O3.C6H11BrO2/c1-7(2)9(13)16-12(6)8(3)15-10(14)11(12,4)5;1-5(2)8(10)11-7(4)6(3)9;1-4-9-5(8)6(2,3)7/h8H,1H2,2-6H3;7H,1H2,2-4H3;4H2,1-3H3. The molecule has 0 saturated carbocycles. The van der Waals surface area contributed by atoms with E-state index in [0.717, 1.165) is 0 Å². The van der Waals surface area contributed by atoms with Crippen LogP contribution in [0.25, 0.3) is 0 Å². The van der Waals surface area contributed by atoms with Crippen LogP contribution in [0.2, 0.25) is 0 Å². The molecular formula is C26H41BrO9. The number of esters is 4. The first-order chi connectivity index (χ1) is 16.1. The molecule has 0 spiro atoms. The molecule has 10 heteroatoms. The van der Waals surface area contributed by atoms with Crippen LogP contribution in [0, 0.1) is 5.41 Å². The van der Waals surface area contributed by atoms with E-state index in [-0.39, 0.29) is 17.7 Å². The topological polar surface area (TPSA) is 122 Å². The second-order valence-electron chi connectivity index (χ2n) is 9.58. The third kappa shape index (κ3) is 10.6. The lowest BCUT2D eigenvalue weighted by atomic mass is 9.75. The Balaban J connectivity index is 0. The van der Waals surface area contributed by atoms with Crippen molar-refractivity contribution in [3.63, 3.8) is 0 Å². The maximum absolute atomic E-state index is 11.6. The van der Waals surface area contributed by atoms with E-state index in [1.165, 1.54) is 20.8 Å². The fourth-order valence-corrected chi connectivity index (χ4v) is 2.38. The van der Waals surface area contributed by atoms with Gasteiger partial charge in [0.05, 0.1) is 6.61 Å². The van der Waals surface area contributed by atoms with Crippen molar-refractivity contribution >= 4 is 45.6 Å². The fourth-order valence-electron chi connectivity index (χ4n) is 2.27. The molecule has 0 radical (unpaired) electrons. The highest BCUT2D eigenvalue weighted by Crippen LogP contribution is 2.45. The predicted octanol–water partition coefficient (Wildman–Crippen LogP) is 4.64. The highest BCUT2D eigenvalue weighted by atomic mass is 79.9. The Morgan fingerprint density at radius 3 is 1.75 bits per heavy atom. The molecule has 1 aliphatic heterocycles. The van der Waals surface area contributed by atoms with E-state index in [1.807, 2.05) is 0 Å². The average molecular weight is 578 g/mol. The summed E-state index contributed by atoms with van der Waals surface area (Å²) in [6, 6.07) is 0. The van der Waals surface area contributed by atoms with Crippen molar-refractivity contribution in [2.24, 2.45) is 5.41 Å². The molecule has 1 saturated heterocycles. The number of rotatable bonds is 7. The number of hydrogen-bond acceptors (Lipinski definition) is 9. The highest BCUT2D eigenvalue weighted by molar-refractivity contribution is 9.10. The summed E-state index contributed by atoms with van der Waals surface area (Å²) in [6.07, 6.45) is -1.13. The van der Waals surface area contributed by atoms with Crippen molar-refractivity contribution in [1.29, 1.82) is 0 Å². The van der Waals surface area contributed by atoms with E-state index in [2.05, 4.69) is 33.8 Å². The lowest BCUT2D eigenvalue weighted by Gasteiger charge is -2.35. The zero-order chi connectivity index (χ0) is 29.2. The van der Waals surface area contributed by atoms with E-state index in [9.17, 15) is 24.0 Å². The van der Waals surface area contributed by atoms with E-state index in [1.54, 1.807) is 55.4 Å². The number of carbonyl (C=O) groups excluding carboxylic acids is 5. The van der Waals surface area contributed by atoms with Gasteiger partial charge in [0.25, 0.3) is 0 Å². The molecule has 1 aliphatic rings. The van der Waals surface area contributed by atoms with Crippen molar-refractivity contribution < 1.29 is 42.9 Å². The first-order valence-electron chi connectivity index (χ1n) is 11.4. The number of hydrogen-bond donors (Lipinski definition) is 0. The van der Waals surface area contributed by atoms with Crippen LogP contribution in [-0.2, 0) is 42.9 Å². The normalized spacial score (nSPS) is 20.7. The van der Waals surface area contributed by atoms with Gasteiger partial charge in [0, 0.05) is 11.1 Å². The van der Waals surface area contributed by atoms with Gasteiger partial charge in [-0.2, -0.15) is 0 Å². The molecule has 36 heavy (non-hydrogen) atoms. The van der Waals surface area contributed by atoms with Gasteiger partial charge in [-0.15, -0.1) is 0 Å². The summed E-state index contributed by atoms with van der Waals surface area (Å²) in [5.74, 6) is -1.75. The first-order valence-corrected chi connectivity index (χ1v) is 12.2. The van der Waals surface area contributed by atoms with Gasteiger partial charge in [-0.3, -0.25) is 14.4 Å². The number of Topliss-reactive ketones (excluding diaryl/α,β-unsaturated/α-hetero) is 1. The van der Waals surface area contributed by atoms with Crippen LogP contribution in [-0.4, -0.2) is 58.4 Å². The second kappa shape index (κ2) is 14.3. The maximum Gasteiger partial charge on any atom is 0.333 e. The minimum atomic E-state index is -0.958. The summed E-state index contributed by atoms with van der Waals surface area (Å²) in [6.45, 7) is 25.5. The lowest BCUT2D eigenvalue weighted by Crippen LogP contribution is -2.49. The first kappa shape index (κ1) is 35.7. The van der Waals surface area contributed by atoms with Crippen molar-refractivity contribution in [2.45, 2.75) is 98.3 Å². The highest BCUT2D eigenvalue weighted by Gasteiger charge is 2.61. The number of alkyl halides is 1. The number of cyclic esters (lactones) is 1. The number of ketones is 1. The summed E-state index contributed by atoms with van der Waals surface area (Å²) >= 11 is 3.17. The van der Waals surface area contributed by atoms with Gasteiger partial charge in [-0.1, -0.05) is 29.1 Å². The number of halogens is 1. The minimum Gasteiger partial charge on any atom is -0.465 e. The number of carbonyl (C=O) groups is 5. The molecule has 1 heterocycles. The van der Waals surface area contributed by atoms with Crippen molar-refractivity contribution in [3.8, 4) is 0 Å². The fraction of sp³-hybridized carbons (Fsp3) is 0.654. The summed E-state index contributed by atoms with van der Waals surface area (Å²) in [5, 5.41) is 0. The van der Waals surface area contributed by atoms with Crippen molar-refractivity contribution in [1.82, 2.24) is 0 Å². The van der Waals surface area contributed by atoms with Crippen molar-refractivity contribution in [2.75, 3.05) is 6.61 Å². The molecule has 1 rings (SSSR count). The van der Waals surface area contributed by atoms with E-state index >= 15 is 0 Å². The Hall–Kier alpha value is -2.49. The third-order valence-corrected chi connectivity index (χ3v) is 5.75. The Morgan fingerprint density at radius 2 is 1.50 bits per heavy atom. The molecule has 1 fully saturated rings.